The molecule has 0 aliphatic carbocycles. The van der Waals surface area contributed by atoms with Gasteiger partial charge in [-0.15, -0.1) is 11.3 Å². The third-order valence-electron chi connectivity index (χ3n) is 4.67. The van der Waals surface area contributed by atoms with Crippen molar-refractivity contribution in [3.63, 3.8) is 0 Å². The monoisotopic (exact) mass is 459 g/mol. The van der Waals surface area contributed by atoms with Gasteiger partial charge in [-0.1, -0.05) is 29.4 Å². The summed E-state index contributed by atoms with van der Waals surface area (Å²) in [5, 5.41) is 9.42. The molecule has 0 bridgehead atoms. The van der Waals surface area contributed by atoms with Gasteiger partial charge >= 0.3 is 5.97 Å². The summed E-state index contributed by atoms with van der Waals surface area (Å²) in [6, 6.07) is 14.9. The fraction of sp³-hybridized carbons (Fsp3) is 0.0909. The summed E-state index contributed by atoms with van der Waals surface area (Å²) in [5.74, 6) is -0.111. The zero-order valence-electron chi connectivity index (χ0n) is 17.3. The number of aromatic nitrogens is 5. The van der Waals surface area contributed by atoms with Crippen LogP contribution in [-0.4, -0.2) is 31.1 Å². The molecule has 0 atom stereocenters. The number of ether oxygens (including phenoxy) is 1. The fourth-order valence-corrected chi connectivity index (χ4v) is 3.91. The summed E-state index contributed by atoms with van der Waals surface area (Å²) < 4.78 is 10.8. The van der Waals surface area contributed by atoms with Crippen LogP contribution in [0.2, 0.25) is 0 Å². The highest BCUT2D eigenvalue weighted by Crippen LogP contribution is 2.30. The quantitative estimate of drug-likeness (QED) is 0.356. The smallest absolute Gasteiger partial charge is 0.339 e. The first-order chi connectivity index (χ1) is 16.1. The minimum atomic E-state index is -0.581. The molecule has 10 nitrogen and oxygen atoms in total. The number of pyridine rings is 1. The Morgan fingerprint density at radius 1 is 1.12 bits per heavy atom. The van der Waals surface area contributed by atoms with Crippen molar-refractivity contribution >= 4 is 46.0 Å². The normalized spacial score (nSPS) is 10.9. The van der Waals surface area contributed by atoms with Crippen LogP contribution in [0.5, 0.6) is 0 Å². The van der Waals surface area contributed by atoms with Crippen molar-refractivity contribution < 1.29 is 14.1 Å². The molecule has 11 heteroatoms. The molecule has 33 heavy (non-hydrogen) atoms. The van der Waals surface area contributed by atoms with Crippen LogP contribution in [0, 0.1) is 6.92 Å². The number of carbonyl (C=O) groups is 1. The summed E-state index contributed by atoms with van der Waals surface area (Å²) in [4.78, 5) is 30.8. The van der Waals surface area contributed by atoms with E-state index in [2.05, 4.69) is 30.4 Å². The number of hydrogen-bond donors (Lipinski definition) is 2. The van der Waals surface area contributed by atoms with Gasteiger partial charge < -0.3 is 20.3 Å². The Balaban J connectivity index is 1.40. The largest absolute Gasteiger partial charge is 0.454 e. The number of nitrogen functional groups attached to an aromatic ring is 1. The molecule has 3 N–H and O–H groups in total. The molecule has 4 heterocycles. The maximum atomic E-state index is 13.0. The lowest BCUT2D eigenvalue weighted by atomic mass is 10.1. The molecule has 5 aromatic rings. The highest BCUT2D eigenvalue weighted by Gasteiger charge is 2.21. The summed E-state index contributed by atoms with van der Waals surface area (Å²) in [7, 11) is 0. The maximum Gasteiger partial charge on any atom is 0.339 e. The lowest BCUT2D eigenvalue weighted by Gasteiger charge is -2.09. The van der Waals surface area contributed by atoms with Crippen LogP contribution in [0.15, 0.2) is 58.4 Å². The highest BCUT2D eigenvalue weighted by molar-refractivity contribution is 7.13. The van der Waals surface area contributed by atoms with Gasteiger partial charge in [0.05, 0.1) is 27.2 Å². The van der Waals surface area contributed by atoms with Crippen LogP contribution in [0.3, 0.4) is 0 Å². The number of carbonyl (C=O) groups excluding carboxylic acids is 1. The highest BCUT2D eigenvalue weighted by atomic mass is 32.1. The first-order valence-corrected chi connectivity index (χ1v) is 10.8. The molecule has 0 unspecified atom stereocenters. The number of anilines is 3. The second-order valence-electron chi connectivity index (χ2n) is 6.98. The van der Waals surface area contributed by atoms with E-state index < -0.39 is 5.97 Å². The Labute approximate surface area is 191 Å². The average Bonchev–Trinajstić information content (AvgIpc) is 3.48. The van der Waals surface area contributed by atoms with Gasteiger partial charge in [0, 0.05) is 5.69 Å². The molecule has 0 saturated heterocycles. The van der Waals surface area contributed by atoms with Crippen molar-refractivity contribution in [2.75, 3.05) is 11.1 Å². The molecule has 164 valence electrons. The molecule has 0 aliphatic heterocycles. The Morgan fingerprint density at radius 3 is 2.76 bits per heavy atom. The Morgan fingerprint density at radius 2 is 1.97 bits per heavy atom. The van der Waals surface area contributed by atoms with E-state index in [0.29, 0.717) is 22.3 Å². The number of benzene rings is 1. The van der Waals surface area contributed by atoms with E-state index in [1.807, 2.05) is 47.8 Å². The molecule has 1 aromatic carbocycles. The Bertz CT molecular complexity index is 1440. The number of thiophene rings is 1. The van der Waals surface area contributed by atoms with Crippen LogP contribution < -0.4 is 11.1 Å². The van der Waals surface area contributed by atoms with Gasteiger partial charge in [0.2, 0.25) is 11.9 Å². The Kier molecular flexibility index (Phi) is 5.37. The molecule has 0 saturated carbocycles. The average molecular weight is 459 g/mol. The summed E-state index contributed by atoms with van der Waals surface area (Å²) >= 11 is 1.50. The van der Waals surface area contributed by atoms with Crippen LogP contribution in [0.25, 0.3) is 21.7 Å². The lowest BCUT2D eigenvalue weighted by Crippen LogP contribution is -2.12. The molecular formula is C22H17N7O3S. The molecule has 0 fully saturated rings. The Hall–Kier alpha value is -4.38. The van der Waals surface area contributed by atoms with Gasteiger partial charge in [-0.25, -0.2) is 9.78 Å². The number of rotatable bonds is 6. The molecule has 0 radical (unpaired) electrons. The molecule has 0 amide bonds. The number of fused-ring (bicyclic) bond motifs is 1. The maximum absolute atomic E-state index is 13.0. The second kappa shape index (κ2) is 8.63. The first kappa shape index (κ1) is 20.5. The molecule has 4 aromatic heterocycles. The van der Waals surface area contributed by atoms with Crippen LogP contribution in [0.4, 0.5) is 17.6 Å². The van der Waals surface area contributed by atoms with Gasteiger partial charge in [-0.05, 0) is 36.6 Å². The number of para-hydroxylation sites is 1. The SMILES string of the molecule is Cc1noc2nc(-c3cccs3)cc(C(=O)OCc3nc(N)nc(Nc4ccccc4)n3)c12. The molecular weight excluding hydrogens is 442 g/mol. The topological polar surface area (TPSA) is 142 Å². The second-order valence-corrected chi connectivity index (χ2v) is 7.93. The molecule has 0 aliphatic rings. The van der Waals surface area contributed by atoms with Gasteiger partial charge in [-0.3, -0.25) is 0 Å². The minimum Gasteiger partial charge on any atom is -0.454 e. The number of aryl methyl sites for hydroxylation is 1. The minimum absolute atomic E-state index is 0.00985. The van der Waals surface area contributed by atoms with E-state index in [0.717, 1.165) is 10.6 Å². The fourth-order valence-electron chi connectivity index (χ4n) is 3.22. The van der Waals surface area contributed by atoms with Crippen molar-refractivity contribution in [3.8, 4) is 10.6 Å². The third kappa shape index (κ3) is 4.34. The van der Waals surface area contributed by atoms with E-state index in [1.165, 1.54) is 11.3 Å². The number of nitrogens with one attached hydrogen (secondary N) is 1. The number of esters is 1. The molecule has 5 rings (SSSR count). The zero-order valence-corrected chi connectivity index (χ0v) is 18.2. The number of nitrogens with zero attached hydrogens (tertiary/aromatic N) is 5. The predicted molar refractivity (Wildman–Crippen MR) is 123 cm³/mol. The van der Waals surface area contributed by atoms with Gasteiger partial charge in [-0.2, -0.15) is 15.0 Å². The van der Waals surface area contributed by atoms with Gasteiger partial charge in [0.25, 0.3) is 5.71 Å². The van der Waals surface area contributed by atoms with Crippen molar-refractivity contribution in [1.29, 1.82) is 0 Å². The van der Waals surface area contributed by atoms with E-state index >= 15 is 0 Å². The molecule has 0 spiro atoms. The van der Waals surface area contributed by atoms with Gasteiger partial charge in [0.15, 0.2) is 12.4 Å². The van der Waals surface area contributed by atoms with E-state index in [9.17, 15) is 4.79 Å². The van der Waals surface area contributed by atoms with Gasteiger partial charge in [0.1, 0.15) is 0 Å². The van der Waals surface area contributed by atoms with Crippen molar-refractivity contribution in [2.45, 2.75) is 13.5 Å². The van der Waals surface area contributed by atoms with Crippen molar-refractivity contribution in [1.82, 2.24) is 25.1 Å². The summed E-state index contributed by atoms with van der Waals surface area (Å²) in [5.41, 5.74) is 8.31. The summed E-state index contributed by atoms with van der Waals surface area (Å²) in [6.07, 6.45) is 0. The van der Waals surface area contributed by atoms with Crippen molar-refractivity contribution in [3.05, 3.63) is 71.0 Å². The van der Waals surface area contributed by atoms with E-state index in [1.54, 1.807) is 13.0 Å². The van der Waals surface area contributed by atoms with Crippen molar-refractivity contribution in [2.24, 2.45) is 0 Å². The van der Waals surface area contributed by atoms with Crippen LogP contribution >= 0.6 is 11.3 Å². The van der Waals surface area contributed by atoms with E-state index in [-0.39, 0.29) is 30.0 Å². The zero-order chi connectivity index (χ0) is 22.8. The summed E-state index contributed by atoms with van der Waals surface area (Å²) in [6.45, 7) is 1.54. The number of hydrogen-bond acceptors (Lipinski definition) is 11. The lowest BCUT2D eigenvalue weighted by molar-refractivity contribution is 0.0464. The van der Waals surface area contributed by atoms with E-state index in [4.69, 9.17) is 15.0 Å². The van der Waals surface area contributed by atoms with Crippen LogP contribution in [0.1, 0.15) is 21.9 Å². The standard InChI is InChI=1S/C22H17N7O3S/c1-12-18-14(10-15(16-8-5-9-33-16)25-19(18)32-29-12)20(30)31-11-17-26-21(23)28-22(27-17)24-13-6-3-2-4-7-13/h2-10H,11H2,1H3,(H3,23,24,26,27,28). The number of nitrogens with two attached hydrogens (primary N) is 1. The third-order valence-corrected chi connectivity index (χ3v) is 5.56. The predicted octanol–water partition coefficient (Wildman–Crippen LogP) is 4.13. The van der Waals surface area contributed by atoms with Crippen LogP contribution in [-0.2, 0) is 11.3 Å². The first-order valence-electron chi connectivity index (χ1n) is 9.87.